The maximum atomic E-state index is 5.59. The molecule has 1 aromatic rings. The van der Waals surface area contributed by atoms with Crippen molar-refractivity contribution in [3.8, 4) is 0 Å². The molecule has 0 unspecified atom stereocenters. The van der Waals surface area contributed by atoms with Crippen LogP contribution in [0.5, 0.6) is 0 Å². The van der Waals surface area contributed by atoms with E-state index in [1.165, 1.54) is 6.04 Å². The van der Waals surface area contributed by atoms with Gasteiger partial charge in [-0.1, -0.05) is 19.6 Å². The fourth-order valence-electron chi connectivity index (χ4n) is 1.04. The van der Waals surface area contributed by atoms with Gasteiger partial charge in [0.2, 0.25) is 0 Å². The van der Waals surface area contributed by atoms with Crippen LogP contribution >= 0.6 is 15.9 Å². The summed E-state index contributed by atoms with van der Waals surface area (Å²) in [7, 11) is -0.934. The van der Waals surface area contributed by atoms with Crippen molar-refractivity contribution < 1.29 is 4.74 Å². The first kappa shape index (κ1) is 12.0. The van der Waals surface area contributed by atoms with Gasteiger partial charge in [-0.15, -0.1) is 0 Å². The Morgan fingerprint density at radius 3 is 2.64 bits per heavy atom. The molecule has 1 aromatic heterocycles. The van der Waals surface area contributed by atoms with Gasteiger partial charge in [0.25, 0.3) is 0 Å². The SMILES string of the molecule is C[Si](C)(C)CCOCn1ccc(Br)c1. The lowest BCUT2D eigenvalue weighted by Crippen LogP contribution is -2.21. The zero-order valence-electron chi connectivity index (χ0n) is 9.09. The van der Waals surface area contributed by atoms with Crippen LogP contribution in [0.4, 0.5) is 0 Å². The molecule has 0 aliphatic heterocycles. The van der Waals surface area contributed by atoms with Gasteiger partial charge in [-0.05, 0) is 28.0 Å². The number of hydrogen-bond acceptors (Lipinski definition) is 1. The standard InChI is InChI=1S/C10H18BrNOSi/c1-14(2,3)7-6-13-9-12-5-4-10(11)8-12/h4-5,8H,6-7,9H2,1-3H3. The van der Waals surface area contributed by atoms with Crippen LogP contribution in [0.2, 0.25) is 25.7 Å². The summed E-state index contributed by atoms with van der Waals surface area (Å²) in [5, 5.41) is 0. The van der Waals surface area contributed by atoms with E-state index >= 15 is 0 Å². The van der Waals surface area contributed by atoms with Gasteiger partial charge < -0.3 is 9.30 Å². The number of ether oxygens (including phenoxy) is 1. The van der Waals surface area contributed by atoms with Crippen LogP contribution in [-0.4, -0.2) is 19.2 Å². The smallest absolute Gasteiger partial charge is 0.122 e. The van der Waals surface area contributed by atoms with Crippen LogP contribution in [0, 0.1) is 0 Å². The molecule has 0 fully saturated rings. The van der Waals surface area contributed by atoms with E-state index in [4.69, 9.17) is 4.74 Å². The molecule has 0 aliphatic rings. The average molecular weight is 276 g/mol. The summed E-state index contributed by atoms with van der Waals surface area (Å²) in [6.07, 6.45) is 4.03. The highest BCUT2D eigenvalue weighted by Gasteiger charge is 2.11. The minimum Gasteiger partial charge on any atom is -0.361 e. The minimum absolute atomic E-state index is 0.663. The summed E-state index contributed by atoms with van der Waals surface area (Å²) >= 11 is 3.40. The van der Waals surface area contributed by atoms with Gasteiger partial charge in [0.15, 0.2) is 0 Å². The third kappa shape index (κ3) is 4.98. The van der Waals surface area contributed by atoms with Gasteiger partial charge in [0.1, 0.15) is 6.73 Å². The molecule has 14 heavy (non-hydrogen) atoms. The molecular formula is C10H18BrNOSi. The number of rotatable bonds is 5. The Kier molecular flexibility index (Phi) is 4.41. The van der Waals surface area contributed by atoms with Crippen LogP contribution in [0.15, 0.2) is 22.9 Å². The first-order valence-electron chi connectivity index (χ1n) is 4.86. The number of hydrogen-bond donors (Lipinski definition) is 0. The van der Waals surface area contributed by atoms with E-state index in [9.17, 15) is 0 Å². The summed E-state index contributed by atoms with van der Waals surface area (Å²) in [6.45, 7) is 8.63. The minimum atomic E-state index is -0.934. The quantitative estimate of drug-likeness (QED) is 0.592. The average Bonchev–Trinajstić information content (AvgIpc) is 2.44. The predicted molar refractivity (Wildman–Crippen MR) is 66.2 cm³/mol. The second-order valence-electron chi connectivity index (χ2n) is 4.69. The summed E-state index contributed by atoms with van der Waals surface area (Å²) in [5.74, 6) is 0. The maximum absolute atomic E-state index is 5.59. The molecule has 0 atom stereocenters. The van der Waals surface area contributed by atoms with Crippen molar-refractivity contribution in [3.63, 3.8) is 0 Å². The molecule has 1 rings (SSSR count). The molecule has 80 valence electrons. The number of halogens is 1. The number of aromatic nitrogens is 1. The first-order chi connectivity index (χ1) is 6.47. The molecule has 0 amide bonds. The lowest BCUT2D eigenvalue weighted by molar-refractivity contribution is 0.0874. The topological polar surface area (TPSA) is 14.2 Å². The van der Waals surface area contributed by atoms with Crippen molar-refractivity contribution in [2.75, 3.05) is 6.61 Å². The third-order valence-corrected chi connectivity index (χ3v) is 4.12. The maximum Gasteiger partial charge on any atom is 0.122 e. The zero-order valence-corrected chi connectivity index (χ0v) is 11.7. The molecule has 1 heterocycles. The van der Waals surface area contributed by atoms with E-state index in [0.29, 0.717) is 6.73 Å². The molecule has 0 saturated heterocycles. The molecule has 0 N–H and O–H groups in total. The third-order valence-electron chi connectivity index (χ3n) is 1.95. The lowest BCUT2D eigenvalue weighted by Gasteiger charge is -2.15. The van der Waals surface area contributed by atoms with Gasteiger partial charge in [0, 0.05) is 31.5 Å². The zero-order chi connectivity index (χ0) is 10.6. The van der Waals surface area contributed by atoms with Crippen LogP contribution < -0.4 is 0 Å². The Bertz CT molecular complexity index is 280. The summed E-state index contributed by atoms with van der Waals surface area (Å²) in [5.41, 5.74) is 0. The van der Waals surface area contributed by atoms with Gasteiger partial charge >= 0.3 is 0 Å². The molecule has 0 aliphatic carbocycles. The Balaban J connectivity index is 2.16. The highest BCUT2D eigenvalue weighted by atomic mass is 79.9. The van der Waals surface area contributed by atoms with E-state index in [0.717, 1.165) is 11.1 Å². The fraction of sp³-hybridized carbons (Fsp3) is 0.600. The molecule has 0 aromatic carbocycles. The van der Waals surface area contributed by atoms with Crippen molar-refractivity contribution >= 4 is 24.0 Å². The molecule has 0 radical (unpaired) electrons. The van der Waals surface area contributed by atoms with E-state index in [1.54, 1.807) is 0 Å². The van der Waals surface area contributed by atoms with E-state index in [1.807, 2.05) is 23.0 Å². The van der Waals surface area contributed by atoms with Crippen LogP contribution in [-0.2, 0) is 11.5 Å². The van der Waals surface area contributed by atoms with Gasteiger partial charge in [0.05, 0.1) is 0 Å². The lowest BCUT2D eigenvalue weighted by atomic mass is 10.7. The molecule has 4 heteroatoms. The van der Waals surface area contributed by atoms with Crippen LogP contribution in [0.25, 0.3) is 0 Å². The normalized spacial score (nSPS) is 12.0. The summed E-state index contributed by atoms with van der Waals surface area (Å²) in [6, 6.07) is 3.25. The second kappa shape index (κ2) is 5.14. The fourth-order valence-corrected chi connectivity index (χ4v) is 2.18. The molecule has 0 spiro atoms. The Labute approximate surface area is 95.4 Å². The summed E-state index contributed by atoms with van der Waals surface area (Å²) < 4.78 is 8.72. The molecule has 0 saturated carbocycles. The highest BCUT2D eigenvalue weighted by molar-refractivity contribution is 9.10. The molecular weight excluding hydrogens is 258 g/mol. The van der Waals surface area contributed by atoms with Gasteiger partial charge in [-0.2, -0.15) is 0 Å². The van der Waals surface area contributed by atoms with E-state index in [2.05, 4.69) is 35.6 Å². The van der Waals surface area contributed by atoms with Crippen molar-refractivity contribution in [2.45, 2.75) is 32.4 Å². The van der Waals surface area contributed by atoms with E-state index < -0.39 is 8.07 Å². The highest BCUT2D eigenvalue weighted by Crippen LogP contribution is 2.10. The van der Waals surface area contributed by atoms with E-state index in [-0.39, 0.29) is 0 Å². The van der Waals surface area contributed by atoms with Crippen LogP contribution in [0.1, 0.15) is 0 Å². The predicted octanol–water partition coefficient (Wildman–Crippen LogP) is 3.56. The van der Waals surface area contributed by atoms with Gasteiger partial charge in [-0.3, -0.25) is 0 Å². The Morgan fingerprint density at radius 1 is 1.43 bits per heavy atom. The first-order valence-corrected chi connectivity index (χ1v) is 9.36. The summed E-state index contributed by atoms with van der Waals surface area (Å²) in [4.78, 5) is 0. The Morgan fingerprint density at radius 2 is 2.14 bits per heavy atom. The van der Waals surface area contributed by atoms with Crippen molar-refractivity contribution in [3.05, 3.63) is 22.9 Å². The van der Waals surface area contributed by atoms with Crippen molar-refractivity contribution in [1.82, 2.24) is 4.57 Å². The molecule has 0 bridgehead atoms. The monoisotopic (exact) mass is 275 g/mol. The van der Waals surface area contributed by atoms with Crippen molar-refractivity contribution in [2.24, 2.45) is 0 Å². The number of nitrogens with zero attached hydrogens (tertiary/aromatic N) is 1. The van der Waals surface area contributed by atoms with Gasteiger partial charge in [-0.25, -0.2) is 0 Å². The van der Waals surface area contributed by atoms with Crippen LogP contribution in [0.3, 0.4) is 0 Å². The molecule has 2 nitrogen and oxygen atoms in total. The largest absolute Gasteiger partial charge is 0.361 e. The second-order valence-corrected chi connectivity index (χ2v) is 11.2. The van der Waals surface area contributed by atoms with Crippen molar-refractivity contribution in [1.29, 1.82) is 0 Å². The Hall–Kier alpha value is -0.0631.